The number of aliphatic hydroxyl groups is 1. The summed E-state index contributed by atoms with van der Waals surface area (Å²) in [5.41, 5.74) is 0.587. The van der Waals surface area contributed by atoms with E-state index in [9.17, 15) is 19.1 Å². The molecule has 0 saturated carbocycles. The maximum atomic E-state index is 13.8. The van der Waals surface area contributed by atoms with Crippen molar-refractivity contribution in [3.05, 3.63) is 77.4 Å². The second-order valence-electron chi connectivity index (χ2n) is 6.08. The molecule has 9 heteroatoms. The Morgan fingerprint density at radius 2 is 1.93 bits per heavy atom. The normalized spacial score (nSPS) is 11.7. The van der Waals surface area contributed by atoms with Gasteiger partial charge in [0.15, 0.2) is 5.69 Å². The van der Waals surface area contributed by atoms with Crippen LogP contribution in [-0.2, 0) is 11.3 Å². The third-order valence-electron chi connectivity index (χ3n) is 4.07. The van der Waals surface area contributed by atoms with Crippen LogP contribution in [0, 0.1) is 5.82 Å². The molecule has 1 atom stereocenters. The van der Waals surface area contributed by atoms with Gasteiger partial charge in [0.1, 0.15) is 11.9 Å². The van der Waals surface area contributed by atoms with E-state index in [1.165, 1.54) is 35.1 Å². The maximum Gasteiger partial charge on any atom is 0.340 e. The van der Waals surface area contributed by atoms with E-state index in [-0.39, 0.29) is 35.7 Å². The molecule has 3 rings (SSSR count). The number of carbonyl (C=O) groups excluding carboxylic acids is 2. The van der Waals surface area contributed by atoms with Crippen molar-refractivity contribution in [1.82, 2.24) is 15.0 Å². The number of nitrogens with zero attached hydrogens (tertiary/aromatic N) is 3. The average Bonchev–Trinajstić information content (AvgIpc) is 3.17. The molecule has 8 nitrogen and oxygen atoms in total. The Hall–Kier alpha value is -3.59. The van der Waals surface area contributed by atoms with Gasteiger partial charge < -0.3 is 15.2 Å². The van der Waals surface area contributed by atoms with Gasteiger partial charge in [0.05, 0.1) is 30.6 Å². The Balaban J connectivity index is 1.70. The van der Waals surface area contributed by atoms with Crippen LogP contribution in [0.2, 0.25) is 0 Å². The zero-order valence-corrected chi connectivity index (χ0v) is 15.6. The quantitative estimate of drug-likeness (QED) is 0.593. The topological polar surface area (TPSA) is 106 Å². The van der Waals surface area contributed by atoms with Gasteiger partial charge in [0.2, 0.25) is 0 Å². The number of anilines is 1. The molecule has 0 aliphatic heterocycles. The van der Waals surface area contributed by atoms with Gasteiger partial charge in [-0.1, -0.05) is 35.5 Å². The number of aromatic nitrogens is 3. The van der Waals surface area contributed by atoms with Gasteiger partial charge in [-0.05, 0) is 25.1 Å². The first-order valence-corrected chi connectivity index (χ1v) is 8.89. The van der Waals surface area contributed by atoms with Crippen molar-refractivity contribution in [2.24, 2.45) is 0 Å². The Bertz CT molecular complexity index is 1020. The molecule has 1 amide bonds. The van der Waals surface area contributed by atoms with Gasteiger partial charge in [-0.25, -0.2) is 13.9 Å². The van der Waals surface area contributed by atoms with Gasteiger partial charge in [0.25, 0.3) is 5.91 Å². The predicted molar refractivity (Wildman–Crippen MR) is 102 cm³/mol. The SMILES string of the molecule is CCOC(=O)c1ccccc1NC(=O)c1cn(C[C@@H](O)c2ccccc2F)nn1. The van der Waals surface area contributed by atoms with Crippen LogP contribution < -0.4 is 5.32 Å². The number of aliphatic hydroxyl groups excluding tert-OH is 1. The predicted octanol–water partition coefficient (Wildman–Crippen LogP) is 2.58. The van der Waals surface area contributed by atoms with Crippen molar-refractivity contribution >= 4 is 17.6 Å². The lowest BCUT2D eigenvalue weighted by Crippen LogP contribution is -2.16. The van der Waals surface area contributed by atoms with E-state index in [4.69, 9.17) is 4.74 Å². The number of hydrogen-bond acceptors (Lipinski definition) is 6. The smallest absolute Gasteiger partial charge is 0.340 e. The highest BCUT2D eigenvalue weighted by molar-refractivity contribution is 6.06. The zero-order chi connectivity index (χ0) is 20.8. The average molecular weight is 398 g/mol. The monoisotopic (exact) mass is 398 g/mol. The molecule has 0 aliphatic rings. The lowest BCUT2D eigenvalue weighted by molar-refractivity contribution is 0.0527. The minimum Gasteiger partial charge on any atom is -0.462 e. The fourth-order valence-electron chi connectivity index (χ4n) is 2.68. The van der Waals surface area contributed by atoms with E-state index in [1.807, 2.05) is 0 Å². The number of carbonyl (C=O) groups is 2. The molecule has 3 aromatic rings. The minimum absolute atomic E-state index is 0.0237. The first-order valence-electron chi connectivity index (χ1n) is 8.89. The summed E-state index contributed by atoms with van der Waals surface area (Å²) in [6, 6.07) is 12.3. The summed E-state index contributed by atoms with van der Waals surface area (Å²) in [5.74, 6) is -1.68. The molecule has 150 valence electrons. The van der Waals surface area contributed by atoms with Crippen molar-refractivity contribution in [3.63, 3.8) is 0 Å². The van der Waals surface area contributed by atoms with Gasteiger partial charge in [-0.3, -0.25) is 4.79 Å². The fraction of sp³-hybridized carbons (Fsp3) is 0.200. The van der Waals surface area contributed by atoms with Crippen LogP contribution in [-0.4, -0.2) is 38.6 Å². The molecular weight excluding hydrogens is 379 g/mol. The first kappa shape index (κ1) is 20.2. The number of esters is 1. The molecule has 0 spiro atoms. The molecule has 0 aliphatic carbocycles. The lowest BCUT2D eigenvalue weighted by Gasteiger charge is -2.11. The zero-order valence-electron chi connectivity index (χ0n) is 15.6. The van der Waals surface area contributed by atoms with Crippen LogP contribution in [0.4, 0.5) is 10.1 Å². The maximum absolute atomic E-state index is 13.8. The minimum atomic E-state index is -1.15. The van der Waals surface area contributed by atoms with Crippen LogP contribution >= 0.6 is 0 Å². The van der Waals surface area contributed by atoms with E-state index in [2.05, 4.69) is 15.6 Å². The molecule has 1 aromatic heterocycles. The Morgan fingerprint density at radius 1 is 1.21 bits per heavy atom. The van der Waals surface area contributed by atoms with Crippen molar-refractivity contribution in [2.75, 3.05) is 11.9 Å². The highest BCUT2D eigenvalue weighted by atomic mass is 19.1. The summed E-state index contributed by atoms with van der Waals surface area (Å²) in [6.07, 6.45) is 0.171. The summed E-state index contributed by atoms with van der Waals surface area (Å²) < 4.78 is 20.0. The molecule has 0 bridgehead atoms. The van der Waals surface area contributed by atoms with E-state index in [0.717, 1.165) is 0 Å². The van der Waals surface area contributed by atoms with Crippen molar-refractivity contribution in [2.45, 2.75) is 19.6 Å². The molecule has 2 aromatic carbocycles. The molecule has 0 fully saturated rings. The van der Waals surface area contributed by atoms with Gasteiger partial charge in [-0.2, -0.15) is 0 Å². The largest absolute Gasteiger partial charge is 0.462 e. The number of hydrogen-bond donors (Lipinski definition) is 2. The first-order chi connectivity index (χ1) is 14.0. The molecule has 0 radical (unpaired) electrons. The summed E-state index contributed by atoms with van der Waals surface area (Å²) >= 11 is 0. The number of benzene rings is 2. The molecule has 0 unspecified atom stereocenters. The molecule has 2 N–H and O–H groups in total. The number of para-hydroxylation sites is 1. The molecule has 0 saturated heterocycles. The third-order valence-corrected chi connectivity index (χ3v) is 4.07. The number of ether oxygens (including phenoxy) is 1. The second-order valence-corrected chi connectivity index (χ2v) is 6.08. The number of amides is 1. The highest BCUT2D eigenvalue weighted by Gasteiger charge is 2.18. The summed E-state index contributed by atoms with van der Waals surface area (Å²) in [4.78, 5) is 24.5. The van der Waals surface area contributed by atoms with Gasteiger partial charge in [0, 0.05) is 5.56 Å². The van der Waals surface area contributed by atoms with Crippen LogP contribution in [0.25, 0.3) is 0 Å². The van der Waals surface area contributed by atoms with E-state index < -0.39 is 23.8 Å². The highest BCUT2D eigenvalue weighted by Crippen LogP contribution is 2.19. The van der Waals surface area contributed by atoms with Crippen LogP contribution in [0.3, 0.4) is 0 Å². The molecule has 1 heterocycles. The van der Waals surface area contributed by atoms with E-state index >= 15 is 0 Å². The van der Waals surface area contributed by atoms with Crippen LogP contribution in [0.5, 0.6) is 0 Å². The fourth-order valence-corrected chi connectivity index (χ4v) is 2.68. The van der Waals surface area contributed by atoms with Gasteiger partial charge in [-0.15, -0.1) is 5.10 Å². The summed E-state index contributed by atoms with van der Waals surface area (Å²) in [5, 5.41) is 20.4. The van der Waals surface area contributed by atoms with Crippen molar-refractivity contribution < 1.29 is 23.8 Å². The summed E-state index contributed by atoms with van der Waals surface area (Å²) in [7, 11) is 0. The van der Waals surface area contributed by atoms with Crippen LogP contribution in [0.15, 0.2) is 54.7 Å². The number of rotatable bonds is 7. The third kappa shape index (κ3) is 4.82. The molecular formula is C20H19FN4O4. The Labute approximate surface area is 165 Å². The second kappa shape index (κ2) is 9.07. The van der Waals surface area contributed by atoms with E-state index in [0.29, 0.717) is 0 Å². The van der Waals surface area contributed by atoms with Crippen molar-refractivity contribution in [3.8, 4) is 0 Å². The Kier molecular flexibility index (Phi) is 6.30. The van der Waals surface area contributed by atoms with Crippen molar-refractivity contribution in [1.29, 1.82) is 0 Å². The number of halogens is 1. The van der Waals surface area contributed by atoms with E-state index in [1.54, 1.807) is 31.2 Å². The number of nitrogens with one attached hydrogen (secondary N) is 1. The lowest BCUT2D eigenvalue weighted by atomic mass is 10.1. The van der Waals surface area contributed by atoms with Crippen LogP contribution in [0.1, 0.15) is 39.4 Å². The Morgan fingerprint density at radius 3 is 2.69 bits per heavy atom. The summed E-state index contributed by atoms with van der Waals surface area (Å²) in [6.45, 7) is 1.81. The van der Waals surface area contributed by atoms with Gasteiger partial charge >= 0.3 is 5.97 Å². The molecule has 29 heavy (non-hydrogen) atoms. The standard InChI is InChI=1S/C20H19FN4O4/c1-2-29-20(28)14-8-4-6-10-16(14)22-19(27)17-11-25(24-23-17)12-18(26)13-7-3-5-9-15(13)21/h3-11,18,26H,2,12H2,1H3,(H,22,27)/t18-/m1/s1.